The van der Waals surface area contributed by atoms with Crippen LogP contribution in [-0.4, -0.2) is 48.8 Å². The van der Waals surface area contributed by atoms with E-state index in [2.05, 4.69) is 0 Å². The van der Waals surface area contributed by atoms with Crippen molar-refractivity contribution in [2.75, 3.05) is 32.9 Å². The molecule has 1 atom stereocenters. The molecule has 1 aliphatic heterocycles. The van der Waals surface area contributed by atoms with Crippen LogP contribution in [0.2, 0.25) is 0 Å². The molecular formula is C19H20FNO3. The molecule has 0 radical (unpaired) electrons. The SMILES string of the molecule is O=C(c1cccc(-c2cccc(F)c2)c1)N1CCOC[C@H](CO)C1. The van der Waals surface area contributed by atoms with E-state index in [0.29, 0.717) is 31.9 Å². The number of hydrogen-bond acceptors (Lipinski definition) is 3. The third-order valence-corrected chi connectivity index (χ3v) is 4.15. The number of carbonyl (C=O) groups is 1. The molecule has 1 fully saturated rings. The quantitative estimate of drug-likeness (QED) is 0.942. The van der Waals surface area contributed by atoms with Gasteiger partial charge in [0.05, 0.1) is 13.2 Å². The molecule has 0 bridgehead atoms. The molecule has 0 unspecified atom stereocenters. The third kappa shape index (κ3) is 3.80. The molecule has 126 valence electrons. The van der Waals surface area contributed by atoms with Crippen LogP contribution in [0.3, 0.4) is 0 Å². The lowest BCUT2D eigenvalue weighted by Gasteiger charge is -2.23. The summed E-state index contributed by atoms with van der Waals surface area (Å²) in [4.78, 5) is 14.5. The smallest absolute Gasteiger partial charge is 0.253 e. The predicted molar refractivity (Wildman–Crippen MR) is 89.1 cm³/mol. The van der Waals surface area contributed by atoms with E-state index in [-0.39, 0.29) is 24.2 Å². The summed E-state index contributed by atoms with van der Waals surface area (Å²) in [7, 11) is 0. The number of amides is 1. The number of hydrogen-bond donors (Lipinski definition) is 1. The van der Waals surface area contributed by atoms with Crippen molar-refractivity contribution in [1.82, 2.24) is 4.90 Å². The number of halogens is 1. The monoisotopic (exact) mass is 329 g/mol. The van der Waals surface area contributed by atoms with E-state index < -0.39 is 0 Å². The molecule has 4 nitrogen and oxygen atoms in total. The highest BCUT2D eigenvalue weighted by atomic mass is 19.1. The van der Waals surface area contributed by atoms with Crippen molar-refractivity contribution in [2.45, 2.75) is 0 Å². The van der Waals surface area contributed by atoms with Gasteiger partial charge in [0.15, 0.2) is 0 Å². The van der Waals surface area contributed by atoms with Crippen LogP contribution in [0.15, 0.2) is 48.5 Å². The molecule has 24 heavy (non-hydrogen) atoms. The number of ether oxygens (including phenoxy) is 1. The Bertz CT molecular complexity index is 719. The summed E-state index contributed by atoms with van der Waals surface area (Å²) in [6.45, 7) is 1.89. The molecule has 0 spiro atoms. The van der Waals surface area contributed by atoms with E-state index in [1.54, 1.807) is 29.2 Å². The van der Waals surface area contributed by atoms with Crippen LogP contribution in [0.5, 0.6) is 0 Å². The van der Waals surface area contributed by atoms with Crippen LogP contribution < -0.4 is 0 Å². The average molecular weight is 329 g/mol. The maximum absolute atomic E-state index is 13.4. The highest BCUT2D eigenvalue weighted by Crippen LogP contribution is 2.22. The molecule has 1 heterocycles. The highest BCUT2D eigenvalue weighted by molar-refractivity contribution is 5.95. The van der Waals surface area contributed by atoms with Gasteiger partial charge in [-0.25, -0.2) is 4.39 Å². The molecule has 5 heteroatoms. The maximum Gasteiger partial charge on any atom is 0.253 e. The van der Waals surface area contributed by atoms with E-state index in [1.807, 2.05) is 12.1 Å². The third-order valence-electron chi connectivity index (χ3n) is 4.15. The molecule has 0 aliphatic carbocycles. The van der Waals surface area contributed by atoms with Gasteiger partial charge in [0.1, 0.15) is 5.82 Å². The number of aliphatic hydroxyl groups excluding tert-OH is 1. The highest BCUT2D eigenvalue weighted by Gasteiger charge is 2.23. The first-order valence-corrected chi connectivity index (χ1v) is 8.01. The zero-order valence-corrected chi connectivity index (χ0v) is 13.3. The average Bonchev–Trinajstić information content (AvgIpc) is 2.87. The first-order valence-electron chi connectivity index (χ1n) is 8.01. The van der Waals surface area contributed by atoms with Gasteiger partial charge in [-0.1, -0.05) is 24.3 Å². The van der Waals surface area contributed by atoms with Gasteiger partial charge in [-0.15, -0.1) is 0 Å². The van der Waals surface area contributed by atoms with E-state index >= 15 is 0 Å². The van der Waals surface area contributed by atoms with Crippen LogP contribution in [0.4, 0.5) is 4.39 Å². The molecule has 2 aromatic rings. The van der Waals surface area contributed by atoms with E-state index in [4.69, 9.17) is 4.74 Å². The normalized spacial score (nSPS) is 18.2. The minimum Gasteiger partial charge on any atom is -0.396 e. The summed E-state index contributed by atoms with van der Waals surface area (Å²) >= 11 is 0. The van der Waals surface area contributed by atoms with Crippen molar-refractivity contribution in [3.63, 3.8) is 0 Å². The first-order chi connectivity index (χ1) is 11.7. The van der Waals surface area contributed by atoms with Gasteiger partial charge in [0, 0.05) is 31.2 Å². The Morgan fingerprint density at radius 3 is 2.71 bits per heavy atom. The van der Waals surface area contributed by atoms with Gasteiger partial charge in [0.25, 0.3) is 5.91 Å². The van der Waals surface area contributed by atoms with Crippen molar-refractivity contribution in [1.29, 1.82) is 0 Å². The summed E-state index contributed by atoms with van der Waals surface area (Å²) in [5.74, 6) is -0.472. The zero-order valence-electron chi connectivity index (χ0n) is 13.3. The summed E-state index contributed by atoms with van der Waals surface area (Å²) in [6, 6.07) is 13.5. The lowest BCUT2D eigenvalue weighted by atomic mass is 10.0. The standard InChI is InChI=1S/C19H20FNO3/c20-18-6-2-4-16(10-18)15-3-1-5-17(9-15)19(23)21-7-8-24-13-14(11-21)12-22/h1-6,9-10,14,22H,7-8,11-13H2/t14-/m0/s1. The number of rotatable bonds is 3. The Kier molecular flexibility index (Phi) is 5.23. The fourth-order valence-electron chi connectivity index (χ4n) is 2.86. The Morgan fingerprint density at radius 2 is 1.96 bits per heavy atom. The van der Waals surface area contributed by atoms with Crippen molar-refractivity contribution < 1.29 is 19.0 Å². The molecule has 1 saturated heterocycles. The topological polar surface area (TPSA) is 49.8 Å². The van der Waals surface area contributed by atoms with Crippen molar-refractivity contribution in [3.8, 4) is 11.1 Å². The lowest BCUT2D eigenvalue weighted by Crippen LogP contribution is -2.36. The summed E-state index contributed by atoms with van der Waals surface area (Å²) in [5, 5.41) is 9.35. The molecular weight excluding hydrogens is 309 g/mol. The van der Waals surface area contributed by atoms with Crippen molar-refractivity contribution >= 4 is 5.91 Å². The van der Waals surface area contributed by atoms with Crippen molar-refractivity contribution in [2.24, 2.45) is 5.92 Å². The zero-order chi connectivity index (χ0) is 16.9. The summed E-state index contributed by atoms with van der Waals surface area (Å²) in [5.41, 5.74) is 2.08. The van der Waals surface area contributed by atoms with E-state index in [9.17, 15) is 14.3 Å². The number of nitrogens with zero attached hydrogens (tertiary/aromatic N) is 1. The number of carbonyl (C=O) groups excluding carboxylic acids is 1. The van der Waals surface area contributed by atoms with Crippen LogP contribution in [-0.2, 0) is 4.74 Å². The minimum atomic E-state index is -0.306. The van der Waals surface area contributed by atoms with Crippen LogP contribution in [0, 0.1) is 11.7 Å². The van der Waals surface area contributed by atoms with Gasteiger partial charge in [0.2, 0.25) is 0 Å². The van der Waals surface area contributed by atoms with Crippen LogP contribution in [0.25, 0.3) is 11.1 Å². The summed E-state index contributed by atoms with van der Waals surface area (Å²) in [6.07, 6.45) is 0. The Hall–Kier alpha value is -2.24. The van der Waals surface area contributed by atoms with E-state index in [0.717, 1.165) is 11.1 Å². The Morgan fingerprint density at radius 1 is 1.21 bits per heavy atom. The molecule has 1 N–H and O–H groups in total. The number of benzene rings is 2. The maximum atomic E-state index is 13.4. The second-order valence-electron chi connectivity index (χ2n) is 5.97. The Balaban J connectivity index is 1.84. The summed E-state index contributed by atoms with van der Waals surface area (Å²) < 4.78 is 18.8. The van der Waals surface area contributed by atoms with Gasteiger partial charge in [-0.2, -0.15) is 0 Å². The predicted octanol–water partition coefficient (Wildman–Crippen LogP) is 2.57. The molecule has 0 saturated carbocycles. The van der Waals surface area contributed by atoms with Crippen LogP contribution in [0.1, 0.15) is 10.4 Å². The molecule has 0 aromatic heterocycles. The van der Waals surface area contributed by atoms with Gasteiger partial charge in [-0.05, 0) is 35.4 Å². The molecule has 2 aromatic carbocycles. The second kappa shape index (κ2) is 7.55. The molecule has 1 amide bonds. The number of aliphatic hydroxyl groups is 1. The molecule has 3 rings (SSSR count). The lowest BCUT2D eigenvalue weighted by molar-refractivity contribution is 0.0728. The van der Waals surface area contributed by atoms with Gasteiger partial charge in [-0.3, -0.25) is 4.79 Å². The second-order valence-corrected chi connectivity index (χ2v) is 5.97. The fourth-order valence-corrected chi connectivity index (χ4v) is 2.86. The largest absolute Gasteiger partial charge is 0.396 e. The van der Waals surface area contributed by atoms with Crippen molar-refractivity contribution in [3.05, 3.63) is 59.9 Å². The van der Waals surface area contributed by atoms with Crippen LogP contribution >= 0.6 is 0 Å². The van der Waals surface area contributed by atoms with Gasteiger partial charge >= 0.3 is 0 Å². The minimum absolute atomic E-state index is 0.00683. The molecule has 1 aliphatic rings. The van der Waals surface area contributed by atoms with E-state index in [1.165, 1.54) is 12.1 Å². The first kappa shape index (κ1) is 16.6. The van der Waals surface area contributed by atoms with Gasteiger partial charge < -0.3 is 14.7 Å². The fraction of sp³-hybridized carbons (Fsp3) is 0.316. The Labute approximate surface area is 140 Å².